The van der Waals surface area contributed by atoms with Gasteiger partial charge in [-0.3, -0.25) is 4.79 Å². The maximum Gasteiger partial charge on any atom is 0.223 e. The molecule has 0 aliphatic rings. The highest BCUT2D eigenvalue weighted by molar-refractivity contribution is 7.11. The Morgan fingerprint density at radius 3 is 2.48 bits per heavy atom. The fourth-order valence-electron chi connectivity index (χ4n) is 2.58. The van der Waals surface area contributed by atoms with Crippen LogP contribution in [0.15, 0.2) is 18.2 Å². The first-order chi connectivity index (χ1) is 11.7. The van der Waals surface area contributed by atoms with Crippen molar-refractivity contribution in [3.05, 3.63) is 51.0 Å². The molecule has 1 heterocycles. The predicted molar refractivity (Wildman–Crippen MR) is 96.8 cm³/mol. The zero-order valence-corrected chi connectivity index (χ0v) is 16.1. The van der Waals surface area contributed by atoms with E-state index in [1.54, 1.807) is 23.3 Å². The minimum Gasteiger partial charge on any atom is -0.338 e. The molecular weight excluding hydrogens is 342 g/mol. The second kappa shape index (κ2) is 8.04. The number of hydrogen-bond donors (Lipinski definition) is 0. The number of halogens is 2. The van der Waals surface area contributed by atoms with Crippen LogP contribution in [-0.2, 0) is 11.2 Å². The Morgan fingerprint density at radius 1 is 1.24 bits per heavy atom. The van der Waals surface area contributed by atoms with Crippen molar-refractivity contribution in [2.45, 2.75) is 52.5 Å². The maximum absolute atomic E-state index is 13.2. The Hall–Kier alpha value is -1.82. The number of aryl methyl sites for hydroxylation is 2. The highest BCUT2D eigenvalue weighted by atomic mass is 32.1. The van der Waals surface area contributed by atoms with Crippen LogP contribution < -0.4 is 0 Å². The molecule has 2 rings (SSSR count). The van der Waals surface area contributed by atoms with Crippen LogP contribution in [0.2, 0.25) is 0 Å². The number of thiazole rings is 1. The van der Waals surface area contributed by atoms with Gasteiger partial charge in [0.15, 0.2) is 11.6 Å². The van der Waals surface area contributed by atoms with Crippen LogP contribution in [0.3, 0.4) is 0 Å². The molecule has 3 nitrogen and oxygen atoms in total. The lowest BCUT2D eigenvalue weighted by Gasteiger charge is -2.24. The number of benzene rings is 1. The summed E-state index contributed by atoms with van der Waals surface area (Å²) in [5.74, 6) is -1.43. The fraction of sp³-hybridized carbons (Fsp3) is 0.474. The van der Waals surface area contributed by atoms with Crippen molar-refractivity contribution in [3.8, 4) is 0 Å². The molecule has 136 valence electrons. The Labute approximate surface area is 151 Å². The first-order valence-electron chi connectivity index (χ1n) is 8.37. The third kappa shape index (κ3) is 4.63. The molecule has 0 fully saturated rings. The predicted octanol–water partition coefficient (Wildman–Crippen LogP) is 5.01. The smallest absolute Gasteiger partial charge is 0.223 e. The molecule has 1 aromatic carbocycles. The van der Waals surface area contributed by atoms with Gasteiger partial charge < -0.3 is 4.90 Å². The minimum atomic E-state index is -0.881. The Balaban J connectivity index is 2.02. The van der Waals surface area contributed by atoms with Gasteiger partial charge in [-0.2, -0.15) is 0 Å². The number of nitrogens with zero attached hydrogens (tertiary/aromatic N) is 2. The largest absolute Gasteiger partial charge is 0.338 e. The van der Waals surface area contributed by atoms with E-state index in [-0.39, 0.29) is 18.4 Å². The lowest BCUT2D eigenvalue weighted by atomic mass is 10.1. The molecule has 0 saturated heterocycles. The van der Waals surface area contributed by atoms with Gasteiger partial charge >= 0.3 is 0 Å². The van der Waals surface area contributed by atoms with E-state index in [0.717, 1.165) is 27.7 Å². The molecule has 1 atom stereocenters. The molecule has 0 unspecified atom stereocenters. The van der Waals surface area contributed by atoms with Gasteiger partial charge in [0.1, 0.15) is 0 Å². The third-order valence-corrected chi connectivity index (χ3v) is 5.94. The van der Waals surface area contributed by atoms with Crippen molar-refractivity contribution < 1.29 is 13.6 Å². The van der Waals surface area contributed by atoms with Gasteiger partial charge in [0.2, 0.25) is 5.91 Å². The van der Waals surface area contributed by atoms with E-state index in [4.69, 9.17) is 0 Å². The summed E-state index contributed by atoms with van der Waals surface area (Å²) in [7, 11) is 1.77. The van der Waals surface area contributed by atoms with Gasteiger partial charge in [-0.1, -0.05) is 19.9 Å². The molecule has 2 aromatic rings. The summed E-state index contributed by atoms with van der Waals surface area (Å²) in [5, 5.41) is 1.07. The van der Waals surface area contributed by atoms with Gasteiger partial charge in [-0.05, 0) is 38.0 Å². The molecule has 1 amide bonds. The van der Waals surface area contributed by atoms with Crippen LogP contribution in [0.1, 0.15) is 60.3 Å². The third-order valence-electron chi connectivity index (χ3n) is 4.31. The van der Waals surface area contributed by atoms with Crippen molar-refractivity contribution >= 4 is 17.2 Å². The van der Waals surface area contributed by atoms with E-state index in [1.165, 1.54) is 6.07 Å². The zero-order valence-electron chi connectivity index (χ0n) is 15.3. The van der Waals surface area contributed by atoms with Crippen LogP contribution in [0.25, 0.3) is 0 Å². The fourth-order valence-corrected chi connectivity index (χ4v) is 3.74. The van der Waals surface area contributed by atoms with Gasteiger partial charge in [0.05, 0.1) is 16.7 Å². The summed E-state index contributed by atoms with van der Waals surface area (Å²) in [6, 6.07) is 3.68. The van der Waals surface area contributed by atoms with Gasteiger partial charge in [-0.25, -0.2) is 13.8 Å². The number of hydrogen-bond acceptors (Lipinski definition) is 3. The second-order valence-electron chi connectivity index (χ2n) is 6.59. The summed E-state index contributed by atoms with van der Waals surface area (Å²) in [6.07, 6.45) is 0.632. The minimum absolute atomic E-state index is 0.0314. The second-order valence-corrected chi connectivity index (χ2v) is 7.65. The summed E-state index contributed by atoms with van der Waals surface area (Å²) in [6.45, 7) is 8.15. The van der Waals surface area contributed by atoms with E-state index in [2.05, 4.69) is 18.8 Å². The van der Waals surface area contributed by atoms with Crippen LogP contribution >= 0.6 is 11.3 Å². The van der Waals surface area contributed by atoms with E-state index in [1.807, 2.05) is 13.8 Å². The average Bonchev–Trinajstić information content (AvgIpc) is 2.96. The molecule has 0 aliphatic carbocycles. The van der Waals surface area contributed by atoms with E-state index >= 15 is 0 Å². The van der Waals surface area contributed by atoms with E-state index < -0.39 is 11.6 Å². The summed E-state index contributed by atoms with van der Waals surface area (Å²) >= 11 is 1.64. The van der Waals surface area contributed by atoms with E-state index in [9.17, 15) is 13.6 Å². The van der Waals surface area contributed by atoms with E-state index in [0.29, 0.717) is 17.9 Å². The topological polar surface area (TPSA) is 33.2 Å². The van der Waals surface area contributed by atoms with Crippen molar-refractivity contribution in [1.82, 2.24) is 9.88 Å². The summed E-state index contributed by atoms with van der Waals surface area (Å²) in [4.78, 5) is 19.9. The quantitative estimate of drug-likeness (QED) is 0.720. The molecule has 0 radical (unpaired) electrons. The van der Waals surface area contributed by atoms with Crippen molar-refractivity contribution in [1.29, 1.82) is 0 Å². The van der Waals surface area contributed by atoms with Crippen LogP contribution in [0.5, 0.6) is 0 Å². The monoisotopic (exact) mass is 366 g/mol. The maximum atomic E-state index is 13.2. The van der Waals surface area contributed by atoms with Gasteiger partial charge in [-0.15, -0.1) is 11.3 Å². The zero-order chi connectivity index (χ0) is 18.7. The summed E-state index contributed by atoms with van der Waals surface area (Å²) < 4.78 is 26.2. The normalized spacial score (nSPS) is 12.5. The van der Waals surface area contributed by atoms with Crippen molar-refractivity contribution in [3.63, 3.8) is 0 Å². The number of aromatic nitrogens is 1. The first kappa shape index (κ1) is 19.5. The Bertz CT molecular complexity index is 758. The number of amides is 1. The Kier molecular flexibility index (Phi) is 6.27. The standard InChI is InChI=1S/C19H24F2N2OS/c1-11(2)19-22-12(3)18(25-19)13(4)23(5)17(24)9-7-14-6-8-15(20)16(21)10-14/h6,8,10-11,13H,7,9H2,1-5H3/t13-/m0/s1. The lowest BCUT2D eigenvalue weighted by molar-refractivity contribution is -0.131. The Morgan fingerprint density at radius 2 is 1.92 bits per heavy atom. The highest BCUT2D eigenvalue weighted by Crippen LogP contribution is 2.32. The van der Waals surface area contributed by atoms with Crippen LogP contribution in [-0.4, -0.2) is 22.8 Å². The molecular formula is C19H24F2N2OS. The number of carbonyl (C=O) groups is 1. The van der Waals surface area contributed by atoms with Gasteiger partial charge in [0.25, 0.3) is 0 Å². The highest BCUT2D eigenvalue weighted by Gasteiger charge is 2.22. The van der Waals surface area contributed by atoms with Crippen LogP contribution in [0.4, 0.5) is 8.78 Å². The SMILES string of the molecule is Cc1nc(C(C)C)sc1[C@H](C)N(C)C(=O)CCc1ccc(F)c(F)c1. The molecule has 0 saturated carbocycles. The molecule has 0 spiro atoms. The van der Waals surface area contributed by atoms with Crippen molar-refractivity contribution in [2.24, 2.45) is 0 Å². The molecule has 25 heavy (non-hydrogen) atoms. The molecule has 0 aliphatic heterocycles. The number of rotatable bonds is 6. The van der Waals surface area contributed by atoms with Crippen molar-refractivity contribution in [2.75, 3.05) is 7.05 Å². The lowest BCUT2D eigenvalue weighted by Crippen LogP contribution is -2.29. The van der Waals surface area contributed by atoms with Crippen LogP contribution in [0, 0.1) is 18.6 Å². The average molecular weight is 366 g/mol. The first-order valence-corrected chi connectivity index (χ1v) is 9.19. The molecule has 0 N–H and O–H groups in total. The molecule has 1 aromatic heterocycles. The molecule has 6 heteroatoms. The molecule has 0 bridgehead atoms. The van der Waals surface area contributed by atoms with Gasteiger partial charge in [0, 0.05) is 24.3 Å². The number of carbonyl (C=O) groups excluding carboxylic acids is 1. The summed E-state index contributed by atoms with van der Waals surface area (Å²) in [5.41, 5.74) is 1.57.